The molecule has 0 aromatic heterocycles. The second-order valence-corrected chi connectivity index (χ2v) is 6.40. The van der Waals surface area contributed by atoms with E-state index in [1.165, 1.54) is 27.9 Å². The Morgan fingerprint density at radius 1 is 1.00 bits per heavy atom. The maximum absolute atomic E-state index is 2.56. The molecule has 0 N–H and O–H groups in total. The van der Waals surface area contributed by atoms with E-state index in [9.17, 15) is 0 Å². The molecule has 110 valence electrons. The number of benzene rings is 2. The summed E-state index contributed by atoms with van der Waals surface area (Å²) in [5, 5.41) is 0. The van der Waals surface area contributed by atoms with Gasteiger partial charge in [0.2, 0.25) is 0 Å². The Morgan fingerprint density at radius 2 is 1.71 bits per heavy atom. The van der Waals surface area contributed by atoms with Gasteiger partial charge in [0, 0.05) is 24.2 Å². The van der Waals surface area contributed by atoms with Crippen LogP contribution >= 0.6 is 0 Å². The summed E-state index contributed by atoms with van der Waals surface area (Å²) in [4.78, 5) is 2.56. The molecule has 2 atom stereocenters. The van der Waals surface area contributed by atoms with Crippen molar-refractivity contribution >= 4 is 5.69 Å². The summed E-state index contributed by atoms with van der Waals surface area (Å²) in [6.45, 7) is 10.1. The van der Waals surface area contributed by atoms with Crippen molar-refractivity contribution in [3.8, 4) is 0 Å². The fourth-order valence-corrected chi connectivity index (χ4v) is 3.55. The van der Waals surface area contributed by atoms with E-state index in [0.29, 0.717) is 12.0 Å². The third-order valence-corrected chi connectivity index (χ3v) is 4.91. The Balaban J connectivity index is 1.93. The number of anilines is 1. The first-order valence-corrected chi connectivity index (χ1v) is 8.05. The summed E-state index contributed by atoms with van der Waals surface area (Å²) in [5.41, 5.74) is 7.16. The number of hydrogen-bond acceptors (Lipinski definition) is 1. The molecule has 1 heterocycles. The molecule has 2 aromatic rings. The molecule has 0 fully saturated rings. The fraction of sp³-hybridized carbons (Fsp3) is 0.400. The van der Waals surface area contributed by atoms with Crippen LogP contribution in [0.4, 0.5) is 5.69 Å². The molecule has 0 radical (unpaired) electrons. The van der Waals surface area contributed by atoms with Crippen molar-refractivity contribution in [1.82, 2.24) is 0 Å². The van der Waals surface area contributed by atoms with E-state index in [2.05, 4.69) is 75.1 Å². The third-order valence-electron chi connectivity index (χ3n) is 4.91. The molecule has 0 aliphatic carbocycles. The van der Waals surface area contributed by atoms with E-state index >= 15 is 0 Å². The zero-order chi connectivity index (χ0) is 15.0. The second-order valence-electron chi connectivity index (χ2n) is 6.40. The van der Waals surface area contributed by atoms with Crippen LogP contribution in [0.5, 0.6) is 0 Å². The Labute approximate surface area is 128 Å². The van der Waals surface area contributed by atoms with E-state index in [4.69, 9.17) is 0 Å². The van der Waals surface area contributed by atoms with Gasteiger partial charge in [-0.3, -0.25) is 0 Å². The van der Waals surface area contributed by atoms with Crippen LogP contribution in [0.2, 0.25) is 0 Å². The minimum atomic E-state index is 0.563. The number of hydrogen-bond donors (Lipinski definition) is 0. The van der Waals surface area contributed by atoms with Gasteiger partial charge >= 0.3 is 0 Å². The van der Waals surface area contributed by atoms with E-state index in [-0.39, 0.29) is 0 Å². The van der Waals surface area contributed by atoms with Crippen LogP contribution in [0.15, 0.2) is 42.5 Å². The third kappa shape index (κ3) is 2.57. The minimum absolute atomic E-state index is 0.563. The fourth-order valence-electron chi connectivity index (χ4n) is 3.55. The number of fused-ring (bicyclic) bond motifs is 1. The van der Waals surface area contributed by atoms with Crippen LogP contribution < -0.4 is 4.90 Å². The Kier molecular flexibility index (Phi) is 3.75. The lowest BCUT2D eigenvalue weighted by atomic mass is 9.98. The van der Waals surface area contributed by atoms with Gasteiger partial charge in [0.15, 0.2) is 0 Å². The molecule has 0 amide bonds. The molecule has 1 nitrogen and oxygen atoms in total. The van der Waals surface area contributed by atoms with Gasteiger partial charge in [-0.1, -0.05) is 55.8 Å². The van der Waals surface area contributed by atoms with Gasteiger partial charge in [-0.2, -0.15) is 0 Å². The van der Waals surface area contributed by atoms with Crippen molar-refractivity contribution in [3.63, 3.8) is 0 Å². The lowest BCUT2D eigenvalue weighted by Crippen LogP contribution is -2.30. The average molecular weight is 279 g/mol. The van der Waals surface area contributed by atoms with Gasteiger partial charge < -0.3 is 4.90 Å². The lowest BCUT2D eigenvalue weighted by molar-refractivity contribution is 0.591. The predicted octanol–water partition coefficient (Wildman–Crippen LogP) is 5.07. The monoisotopic (exact) mass is 279 g/mol. The first-order valence-electron chi connectivity index (χ1n) is 8.05. The lowest BCUT2D eigenvalue weighted by Gasteiger charge is -2.27. The van der Waals surface area contributed by atoms with Crippen LogP contribution in [-0.4, -0.2) is 6.04 Å². The second kappa shape index (κ2) is 5.55. The Bertz CT molecular complexity index is 644. The minimum Gasteiger partial charge on any atom is -0.364 e. The molecule has 3 rings (SSSR count). The maximum atomic E-state index is 2.56. The Morgan fingerprint density at radius 3 is 2.48 bits per heavy atom. The SMILES string of the molecule is CCc1cc(C)cc(CN2c3ccccc3[C@H](C)[C@@H]2C)c1. The summed E-state index contributed by atoms with van der Waals surface area (Å²) in [6, 6.07) is 16.4. The molecule has 0 saturated heterocycles. The zero-order valence-electron chi connectivity index (χ0n) is 13.6. The first kappa shape index (κ1) is 14.2. The highest BCUT2D eigenvalue weighted by molar-refractivity contribution is 5.61. The van der Waals surface area contributed by atoms with Crippen LogP contribution in [0.3, 0.4) is 0 Å². The van der Waals surface area contributed by atoms with E-state index < -0.39 is 0 Å². The highest BCUT2D eigenvalue weighted by Gasteiger charge is 2.31. The van der Waals surface area contributed by atoms with Crippen molar-refractivity contribution < 1.29 is 0 Å². The summed E-state index contributed by atoms with van der Waals surface area (Å²) < 4.78 is 0. The Hall–Kier alpha value is -1.76. The first-order chi connectivity index (χ1) is 10.1. The number of aryl methyl sites for hydroxylation is 2. The molecule has 1 aliphatic rings. The number of rotatable bonds is 3. The molecule has 1 aliphatic heterocycles. The topological polar surface area (TPSA) is 3.24 Å². The van der Waals surface area contributed by atoms with Crippen LogP contribution in [0.25, 0.3) is 0 Å². The zero-order valence-corrected chi connectivity index (χ0v) is 13.6. The van der Waals surface area contributed by atoms with Crippen molar-refractivity contribution in [1.29, 1.82) is 0 Å². The van der Waals surface area contributed by atoms with Crippen molar-refractivity contribution in [2.24, 2.45) is 0 Å². The van der Waals surface area contributed by atoms with Gasteiger partial charge in [0.05, 0.1) is 0 Å². The van der Waals surface area contributed by atoms with Gasteiger partial charge in [0.1, 0.15) is 0 Å². The molecule has 21 heavy (non-hydrogen) atoms. The maximum Gasteiger partial charge on any atom is 0.0433 e. The largest absolute Gasteiger partial charge is 0.364 e. The van der Waals surface area contributed by atoms with Crippen LogP contribution in [-0.2, 0) is 13.0 Å². The van der Waals surface area contributed by atoms with E-state index in [1.54, 1.807) is 0 Å². The summed E-state index contributed by atoms with van der Waals surface area (Å²) in [5.74, 6) is 0.608. The highest BCUT2D eigenvalue weighted by Crippen LogP contribution is 2.41. The summed E-state index contributed by atoms with van der Waals surface area (Å²) >= 11 is 0. The quantitative estimate of drug-likeness (QED) is 0.758. The molecule has 0 bridgehead atoms. The normalized spacial score (nSPS) is 20.7. The molecule has 2 aromatic carbocycles. The smallest absolute Gasteiger partial charge is 0.0433 e. The van der Waals surface area contributed by atoms with E-state index in [0.717, 1.165) is 13.0 Å². The molecular weight excluding hydrogens is 254 g/mol. The summed E-state index contributed by atoms with van der Waals surface area (Å²) in [6.07, 6.45) is 1.11. The molecule has 1 heteroatoms. The van der Waals surface area contributed by atoms with Crippen LogP contribution in [0.1, 0.15) is 48.9 Å². The van der Waals surface area contributed by atoms with Gasteiger partial charge in [-0.25, -0.2) is 0 Å². The highest BCUT2D eigenvalue weighted by atomic mass is 15.2. The number of para-hydroxylation sites is 1. The van der Waals surface area contributed by atoms with Gasteiger partial charge in [-0.05, 0) is 43.0 Å². The molecule has 0 spiro atoms. The molecular formula is C20H25N. The van der Waals surface area contributed by atoms with Crippen molar-refractivity contribution in [2.75, 3.05) is 4.90 Å². The van der Waals surface area contributed by atoms with Gasteiger partial charge in [0.25, 0.3) is 0 Å². The van der Waals surface area contributed by atoms with Crippen molar-refractivity contribution in [2.45, 2.75) is 52.6 Å². The molecule has 0 saturated carbocycles. The predicted molar refractivity (Wildman–Crippen MR) is 91.1 cm³/mol. The standard InChI is InChI=1S/C20H25N/c1-5-17-10-14(2)11-18(12-17)13-21-16(4)15(3)19-8-6-7-9-20(19)21/h6-12,15-16H,5,13H2,1-4H3/t15-,16+/m1/s1. The van der Waals surface area contributed by atoms with Crippen molar-refractivity contribution in [3.05, 3.63) is 64.7 Å². The number of nitrogens with zero attached hydrogens (tertiary/aromatic N) is 1. The van der Waals surface area contributed by atoms with E-state index in [1.807, 2.05) is 0 Å². The van der Waals surface area contributed by atoms with Crippen LogP contribution in [0, 0.1) is 6.92 Å². The molecule has 0 unspecified atom stereocenters. The average Bonchev–Trinajstić information content (AvgIpc) is 2.72. The van der Waals surface area contributed by atoms with Gasteiger partial charge in [-0.15, -0.1) is 0 Å². The summed E-state index contributed by atoms with van der Waals surface area (Å²) in [7, 11) is 0.